The second kappa shape index (κ2) is 13.3. The van der Waals surface area contributed by atoms with Gasteiger partial charge in [-0.3, -0.25) is 9.69 Å². The van der Waals surface area contributed by atoms with Crippen molar-refractivity contribution in [2.75, 3.05) is 51.8 Å². The van der Waals surface area contributed by atoms with Crippen LogP contribution in [0.2, 0.25) is 5.02 Å². The Morgan fingerprint density at radius 3 is 2.37 bits per heavy atom. The molecule has 2 aromatic carbocycles. The number of amides is 1. The van der Waals surface area contributed by atoms with Crippen LogP contribution in [0.5, 0.6) is 5.75 Å². The van der Waals surface area contributed by atoms with Crippen molar-refractivity contribution in [2.24, 2.45) is 0 Å². The highest BCUT2D eigenvalue weighted by Crippen LogP contribution is 2.30. The van der Waals surface area contributed by atoms with E-state index in [9.17, 15) is 9.00 Å². The van der Waals surface area contributed by atoms with Gasteiger partial charge in [0.05, 0.1) is 22.7 Å². The van der Waals surface area contributed by atoms with Gasteiger partial charge in [-0.25, -0.2) is 8.51 Å². The molecule has 1 atom stereocenters. The van der Waals surface area contributed by atoms with E-state index in [2.05, 4.69) is 33.3 Å². The Bertz CT molecular complexity index is 1120. The van der Waals surface area contributed by atoms with Gasteiger partial charge in [0.15, 0.2) is 0 Å². The predicted molar refractivity (Wildman–Crippen MR) is 155 cm³/mol. The molecule has 0 aliphatic carbocycles. The van der Waals surface area contributed by atoms with Crippen LogP contribution in [0.25, 0.3) is 0 Å². The van der Waals surface area contributed by atoms with Gasteiger partial charge in [-0.15, -0.1) is 0 Å². The molecule has 2 aromatic rings. The van der Waals surface area contributed by atoms with Gasteiger partial charge in [-0.1, -0.05) is 17.7 Å². The second-order valence-electron chi connectivity index (χ2n) is 10.5. The number of nitrogens with one attached hydrogen (secondary N) is 1. The third kappa shape index (κ3) is 7.29. The van der Waals surface area contributed by atoms with Gasteiger partial charge >= 0.3 is 0 Å². The van der Waals surface area contributed by atoms with Gasteiger partial charge in [-0.05, 0) is 93.6 Å². The fourth-order valence-electron chi connectivity index (χ4n) is 5.47. The fourth-order valence-corrected chi connectivity index (χ4v) is 7.03. The molecule has 0 saturated carbocycles. The van der Waals surface area contributed by atoms with Crippen LogP contribution in [-0.4, -0.2) is 72.2 Å². The topological polar surface area (TPSA) is 65.1 Å². The van der Waals surface area contributed by atoms with Gasteiger partial charge in [0.2, 0.25) is 5.91 Å². The number of rotatable bonds is 10. The lowest BCUT2D eigenvalue weighted by Crippen LogP contribution is -2.45. The van der Waals surface area contributed by atoms with Crippen molar-refractivity contribution in [2.45, 2.75) is 63.4 Å². The van der Waals surface area contributed by atoms with Crippen molar-refractivity contribution in [1.82, 2.24) is 14.5 Å². The van der Waals surface area contributed by atoms with E-state index in [1.54, 1.807) is 18.5 Å². The standard InChI is InChI=1S/C29H41ClN4O3S/c1-21-17-25(37-4)18-22(2)29(21)38(36)32(3)14-11-28(35)31-24-9-15-34(16-10-24)27-8-7-23(19-26(27)30)20-33-12-5-6-13-33/h7-8,17-19,24H,5-6,9-16,20H2,1-4H3,(H,31,35). The quantitative estimate of drug-likeness (QED) is 0.457. The molecule has 2 heterocycles. The summed E-state index contributed by atoms with van der Waals surface area (Å²) in [5.41, 5.74) is 4.19. The lowest BCUT2D eigenvalue weighted by atomic mass is 10.0. The Morgan fingerprint density at radius 2 is 1.76 bits per heavy atom. The van der Waals surface area contributed by atoms with E-state index in [0.717, 1.165) is 65.0 Å². The number of halogens is 1. The van der Waals surface area contributed by atoms with E-state index >= 15 is 0 Å². The number of nitrogens with zero attached hydrogens (tertiary/aromatic N) is 3. The van der Waals surface area contributed by atoms with E-state index in [0.29, 0.717) is 13.0 Å². The molecule has 2 aliphatic heterocycles. The van der Waals surface area contributed by atoms with Crippen molar-refractivity contribution >= 4 is 34.2 Å². The minimum atomic E-state index is -1.34. The van der Waals surface area contributed by atoms with E-state index < -0.39 is 11.0 Å². The Kier molecular flexibility index (Phi) is 10.1. The number of hydrogen-bond donors (Lipinski definition) is 1. The van der Waals surface area contributed by atoms with Gasteiger partial charge < -0.3 is 15.0 Å². The third-order valence-electron chi connectivity index (χ3n) is 7.60. The van der Waals surface area contributed by atoms with E-state index in [1.165, 1.54) is 31.5 Å². The summed E-state index contributed by atoms with van der Waals surface area (Å²) in [6.07, 6.45) is 4.64. The number of aryl methyl sites for hydroxylation is 2. The van der Waals surface area contributed by atoms with Crippen LogP contribution in [0.1, 0.15) is 48.8 Å². The van der Waals surface area contributed by atoms with E-state index in [4.69, 9.17) is 16.3 Å². The summed E-state index contributed by atoms with van der Waals surface area (Å²) >= 11 is 6.68. The maximum atomic E-state index is 13.1. The number of carbonyl (C=O) groups excluding carboxylic acids is 1. The summed E-state index contributed by atoms with van der Waals surface area (Å²) in [6.45, 7) is 9.32. The smallest absolute Gasteiger partial charge is 0.221 e. The van der Waals surface area contributed by atoms with Crippen LogP contribution >= 0.6 is 11.6 Å². The number of anilines is 1. The highest BCUT2D eigenvalue weighted by Gasteiger charge is 2.23. The van der Waals surface area contributed by atoms with Crippen molar-refractivity contribution in [3.8, 4) is 5.75 Å². The average molecular weight is 561 g/mol. The van der Waals surface area contributed by atoms with Crippen LogP contribution < -0.4 is 15.0 Å². The first-order valence-corrected chi connectivity index (χ1v) is 15.1. The first kappa shape index (κ1) is 28.9. The summed E-state index contributed by atoms with van der Waals surface area (Å²) in [5, 5.41) is 3.99. The van der Waals surface area contributed by atoms with Crippen molar-refractivity contribution < 1.29 is 13.7 Å². The molecule has 2 aliphatic rings. The molecule has 1 N–H and O–H groups in total. The van der Waals surface area contributed by atoms with Gasteiger partial charge in [0, 0.05) is 45.7 Å². The van der Waals surface area contributed by atoms with Gasteiger partial charge in [0.1, 0.15) is 16.7 Å². The van der Waals surface area contributed by atoms with Crippen molar-refractivity contribution in [3.05, 3.63) is 52.0 Å². The maximum Gasteiger partial charge on any atom is 0.221 e. The fraction of sp³-hybridized carbons (Fsp3) is 0.552. The molecular weight excluding hydrogens is 520 g/mol. The van der Waals surface area contributed by atoms with Crippen LogP contribution in [0.3, 0.4) is 0 Å². The molecule has 1 unspecified atom stereocenters. The third-order valence-corrected chi connectivity index (χ3v) is 9.64. The molecule has 1 amide bonds. The number of benzene rings is 2. The van der Waals surface area contributed by atoms with E-state index in [1.807, 2.05) is 26.0 Å². The molecule has 0 aromatic heterocycles. The molecule has 2 fully saturated rings. The highest BCUT2D eigenvalue weighted by atomic mass is 35.5. The average Bonchev–Trinajstić information content (AvgIpc) is 3.40. The SMILES string of the molecule is COc1cc(C)c(S(=O)N(C)CCC(=O)NC2CCN(c3ccc(CN4CCCC4)cc3Cl)CC2)c(C)c1. The first-order valence-electron chi connectivity index (χ1n) is 13.6. The molecule has 38 heavy (non-hydrogen) atoms. The Hall–Kier alpha value is -2.13. The zero-order valence-electron chi connectivity index (χ0n) is 23.1. The lowest BCUT2D eigenvalue weighted by Gasteiger charge is -2.34. The number of carbonyl (C=O) groups is 1. The molecule has 2 saturated heterocycles. The zero-order valence-corrected chi connectivity index (χ0v) is 24.7. The molecule has 0 spiro atoms. The minimum absolute atomic E-state index is 0.000210. The maximum absolute atomic E-state index is 13.1. The first-order chi connectivity index (χ1) is 18.2. The van der Waals surface area contributed by atoms with Crippen LogP contribution in [0, 0.1) is 13.8 Å². The monoisotopic (exact) mass is 560 g/mol. The normalized spacial score (nSPS) is 17.7. The zero-order chi connectivity index (χ0) is 27.2. The number of likely N-dealkylation sites (tertiary alicyclic amines) is 1. The summed E-state index contributed by atoms with van der Waals surface area (Å²) < 4.78 is 20.2. The molecule has 208 valence electrons. The number of methoxy groups -OCH3 is 1. The Balaban J connectivity index is 1.22. The van der Waals surface area contributed by atoms with Gasteiger partial charge in [-0.2, -0.15) is 0 Å². The molecule has 0 bridgehead atoms. The molecular formula is C29H41ClN4O3S. The number of hydrogen-bond acceptors (Lipinski definition) is 5. The number of ether oxygens (including phenoxy) is 1. The highest BCUT2D eigenvalue weighted by molar-refractivity contribution is 7.82. The summed E-state index contributed by atoms with van der Waals surface area (Å²) in [7, 11) is 2.08. The number of piperidine rings is 1. The van der Waals surface area contributed by atoms with Crippen LogP contribution in [0.4, 0.5) is 5.69 Å². The summed E-state index contributed by atoms with van der Waals surface area (Å²) in [4.78, 5) is 18.3. The Morgan fingerprint density at radius 1 is 1.11 bits per heavy atom. The summed E-state index contributed by atoms with van der Waals surface area (Å²) in [6, 6.07) is 10.4. The largest absolute Gasteiger partial charge is 0.497 e. The predicted octanol–water partition coefficient (Wildman–Crippen LogP) is 4.69. The van der Waals surface area contributed by atoms with Crippen LogP contribution in [-0.2, 0) is 22.3 Å². The lowest BCUT2D eigenvalue weighted by molar-refractivity contribution is -0.122. The molecule has 7 nitrogen and oxygen atoms in total. The molecule has 0 radical (unpaired) electrons. The second-order valence-corrected chi connectivity index (χ2v) is 12.5. The van der Waals surface area contributed by atoms with Crippen LogP contribution in [0.15, 0.2) is 35.2 Å². The van der Waals surface area contributed by atoms with Crippen molar-refractivity contribution in [1.29, 1.82) is 0 Å². The van der Waals surface area contributed by atoms with Gasteiger partial charge in [0.25, 0.3) is 0 Å². The Labute approximate surface area is 235 Å². The van der Waals surface area contributed by atoms with E-state index in [-0.39, 0.29) is 11.9 Å². The molecule has 9 heteroatoms. The molecule has 4 rings (SSSR count). The minimum Gasteiger partial charge on any atom is -0.497 e. The summed E-state index contributed by atoms with van der Waals surface area (Å²) in [5.74, 6) is 0.755. The van der Waals surface area contributed by atoms with Crippen molar-refractivity contribution in [3.63, 3.8) is 0 Å².